The maximum Gasteiger partial charge on any atom is 0.508 e. The van der Waals surface area contributed by atoms with E-state index in [9.17, 15) is 9.59 Å². The van der Waals surface area contributed by atoms with E-state index in [4.69, 9.17) is 14.6 Å². The fraction of sp³-hybridized carbons (Fsp3) is 0.357. The molecule has 0 amide bonds. The average Bonchev–Trinajstić information content (AvgIpc) is 2.86. The normalized spacial score (nSPS) is 21.4. The van der Waals surface area contributed by atoms with Gasteiger partial charge in [-0.1, -0.05) is 23.9 Å². The highest BCUT2D eigenvalue weighted by atomic mass is 32.2. The van der Waals surface area contributed by atoms with E-state index in [1.165, 1.54) is 11.8 Å². The van der Waals surface area contributed by atoms with Crippen LogP contribution >= 0.6 is 23.1 Å². The zero-order valence-electron chi connectivity index (χ0n) is 11.4. The minimum absolute atomic E-state index is 0.197. The molecule has 0 saturated carbocycles. The second-order valence-corrected chi connectivity index (χ2v) is 7.12. The van der Waals surface area contributed by atoms with Gasteiger partial charge in [0.2, 0.25) is 0 Å². The lowest BCUT2D eigenvalue weighted by Crippen LogP contribution is -2.36. The van der Waals surface area contributed by atoms with E-state index in [1.807, 2.05) is 24.3 Å². The summed E-state index contributed by atoms with van der Waals surface area (Å²) in [6, 6.07) is 7.86. The second-order valence-electron chi connectivity index (χ2n) is 4.82. The van der Waals surface area contributed by atoms with E-state index < -0.39 is 18.2 Å². The first-order valence-corrected chi connectivity index (χ1v) is 8.48. The first-order chi connectivity index (χ1) is 10.6. The van der Waals surface area contributed by atoms with Crippen LogP contribution in [0, 0.1) is 0 Å². The monoisotopic (exact) mass is 339 g/mol. The lowest BCUT2D eigenvalue weighted by atomic mass is 10.1. The van der Waals surface area contributed by atoms with Gasteiger partial charge in [-0.15, -0.1) is 11.3 Å². The van der Waals surface area contributed by atoms with Crippen LogP contribution in [0.25, 0.3) is 10.2 Å². The van der Waals surface area contributed by atoms with Gasteiger partial charge in [0.25, 0.3) is 0 Å². The van der Waals surface area contributed by atoms with Crippen molar-refractivity contribution in [2.75, 3.05) is 5.75 Å². The first-order valence-electron chi connectivity index (χ1n) is 6.67. The van der Waals surface area contributed by atoms with E-state index in [0.29, 0.717) is 12.2 Å². The highest BCUT2D eigenvalue weighted by molar-refractivity contribution is 8.01. The molecular weight excluding hydrogens is 326 g/mol. The number of hydrogen-bond donors (Lipinski definition) is 1. The number of hydrogen-bond acceptors (Lipinski definition) is 7. The number of aromatic nitrogens is 1. The highest BCUT2D eigenvalue weighted by Gasteiger charge is 2.31. The molecule has 1 saturated heterocycles. The van der Waals surface area contributed by atoms with Crippen LogP contribution in [-0.2, 0) is 14.3 Å². The van der Waals surface area contributed by atoms with Crippen LogP contribution in [0.4, 0.5) is 4.79 Å². The summed E-state index contributed by atoms with van der Waals surface area (Å²) in [5, 5.41) is 8.78. The number of para-hydroxylation sites is 1. The van der Waals surface area contributed by atoms with Gasteiger partial charge >= 0.3 is 12.1 Å². The van der Waals surface area contributed by atoms with Gasteiger partial charge in [0, 0.05) is 12.2 Å². The number of carboxylic acids is 1. The zero-order chi connectivity index (χ0) is 15.5. The number of carbonyl (C=O) groups is 2. The molecule has 1 fully saturated rings. The lowest BCUT2D eigenvalue weighted by Gasteiger charge is -2.27. The number of rotatable bonds is 5. The number of thiazole rings is 1. The molecule has 2 heterocycles. The number of ether oxygens (including phenoxy) is 2. The molecule has 1 aliphatic heterocycles. The van der Waals surface area contributed by atoms with Gasteiger partial charge < -0.3 is 14.6 Å². The number of thioether (sulfide) groups is 1. The molecule has 1 aromatic carbocycles. The van der Waals surface area contributed by atoms with E-state index in [0.717, 1.165) is 14.6 Å². The molecule has 0 bridgehead atoms. The maximum atomic E-state index is 11.4. The average molecular weight is 339 g/mol. The molecule has 0 aliphatic carbocycles. The van der Waals surface area contributed by atoms with Crippen molar-refractivity contribution < 1.29 is 24.2 Å². The van der Waals surface area contributed by atoms with Gasteiger partial charge in [-0.2, -0.15) is 0 Å². The van der Waals surface area contributed by atoms with Crippen molar-refractivity contribution >= 4 is 45.4 Å². The molecule has 1 N–H and O–H groups in total. The van der Waals surface area contributed by atoms with Crippen LogP contribution in [0.1, 0.15) is 12.8 Å². The number of cyclic esters (lactones) is 2. The third-order valence-electron chi connectivity index (χ3n) is 3.12. The molecule has 2 atom stereocenters. The van der Waals surface area contributed by atoms with E-state index in [2.05, 4.69) is 4.98 Å². The third kappa shape index (κ3) is 3.69. The van der Waals surface area contributed by atoms with Gasteiger partial charge in [0.15, 0.2) is 4.34 Å². The molecule has 0 radical (unpaired) electrons. The molecule has 22 heavy (non-hydrogen) atoms. The molecule has 6 nitrogen and oxygen atoms in total. The summed E-state index contributed by atoms with van der Waals surface area (Å²) < 4.78 is 12.0. The number of carbonyl (C=O) groups excluding carboxylic acids is 1. The van der Waals surface area contributed by atoms with Crippen LogP contribution in [0.15, 0.2) is 28.6 Å². The Morgan fingerprint density at radius 3 is 2.91 bits per heavy atom. The minimum Gasteiger partial charge on any atom is -0.481 e. The molecule has 2 aromatic rings. The Hall–Kier alpha value is -1.80. The van der Waals surface area contributed by atoms with Crippen molar-refractivity contribution in [3.05, 3.63) is 24.3 Å². The van der Waals surface area contributed by atoms with Crippen LogP contribution in [0.3, 0.4) is 0 Å². The summed E-state index contributed by atoms with van der Waals surface area (Å²) in [6.45, 7) is 0. The Labute approximate surface area is 134 Å². The number of benzene rings is 1. The largest absolute Gasteiger partial charge is 0.508 e. The van der Waals surface area contributed by atoms with E-state index >= 15 is 0 Å². The van der Waals surface area contributed by atoms with Crippen LogP contribution in [0.5, 0.6) is 0 Å². The highest BCUT2D eigenvalue weighted by Crippen LogP contribution is 2.31. The van der Waals surface area contributed by atoms with Crippen molar-refractivity contribution in [2.45, 2.75) is 29.4 Å². The summed E-state index contributed by atoms with van der Waals surface area (Å²) >= 11 is 3.09. The van der Waals surface area contributed by atoms with Crippen molar-refractivity contribution in [3.8, 4) is 0 Å². The smallest absolute Gasteiger partial charge is 0.481 e. The molecule has 3 rings (SSSR count). The van der Waals surface area contributed by atoms with Crippen molar-refractivity contribution in [3.63, 3.8) is 0 Å². The summed E-state index contributed by atoms with van der Waals surface area (Å²) in [7, 11) is 0. The minimum atomic E-state index is -0.989. The van der Waals surface area contributed by atoms with E-state index in [1.54, 1.807) is 11.3 Å². The van der Waals surface area contributed by atoms with Gasteiger partial charge in [-0.25, -0.2) is 9.78 Å². The zero-order valence-corrected chi connectivity index (χ0v) is 13.1. The fourth-order valence-electron chi connectivity index (χ4n) is 2.19. The number of carboxylic acid groups (broad SMARTS) is 1. The van der Waals surface area contributed by atoms with Gasteiger partial charge in [-0.05, 0) is 12.1 Å². The van der Waals surface area contributed by atoms with Crippen LogP contribution in [-0.4, -0.2) is 40.2 Å². The quantitative estimate of drug-likeness (QED) is 0.661. The lowest BCUT2D eigenvalue weighted by molar-refractivity contribution is -0.141. The molecule has 1 aliphatic rings. The molecule has 0 unspecified atom stereocenters. The van der Waals surface area contributed by atoms with Gasteiger partial charge in [-0.3, -0.25) is 4.79 Å². The second kappa shape index (κ2) is 6.53. The molecule has 0 spiro atoms. The molecule has 8 heteroatoms. The summed E-state index contributed by atoms with van der Waals surface area (Å²) in [6.07, 6.45) is -1.59. The Kier molecular flexibility index (Phi) is 4.49. The Morgan fingerprint density at radius 2 is 2.14 bits per heavy atom. The number of fused-ring (bicyclic) bond motifs is 1. The predicted molar refractivity (Wildman–Crippen MR) is 82.4 cm³/mol. The number of nitrogens with zero attached hydrogens (tertiary/aromatic N) is 1. The van der Waals surface area contributed by atoms with Crippen LogP contribution < -0.4 is 0 Å². The topological polar surface area (TPSA) is 85.7 Å². The van der Waals surface area contributed by atoms with E-state index in [-0.39, 0.29) is 12.5 Å². The third-order valence-corrected chi connectivity index (χ3v) is 5.43. The molecule has 1 aromatic heterocycles. The SMILES string of the molecule is O=C(O)C[C@H]1C[C@@H](CSc2nc3ccccc3s2)OC(=O)O1. The first kappa shape index (κ1) is 15.1. The van der Waals surface area contributed by atoms with Crippen LogP contribution in [0.2, 0.25) is 0 Å². The fourth-order valence-corrected chi connectivity index (χ4v) is 4.29. The van der Waals surface area contributed by atoms with Crippen molar-refractivity contribution in [1.29, 1.82) is 0 Å². The van der Waals surface area contributed by atoms with Gasteiger partial charge in [0.1, 0.15) is 12.2 Å². The molecule has 116 valence electrons. The summed E-state index contributed by atoms with van der Waals surface area (Å²) in [4.78, 5) is 26.6. The Bertz CT molecular complexity index is 666. The summed E-state index contributed by atoms with van der Waals surface area (Å²) in [5.41, 5.74) is 0.947. The van der Waals surface area contributed by atoms with Gasteiger partial charge in [0.05, 0.1) is 16.6 Å². The summed E-state index contributed by atoms with van der Waals surface area (Å²) in [5.74, 6) is -0.456. The maximum absolute atomic E-state index is 11.4. The van der Waals surface area contributed by atoms with Crippen molar-refractivity contribution in [2.24, 2.45) is 0 Å². The predicted octanol–water partition coefficient (Wildman–Crippen LogP) is 3.16. The Balaban J connectivity index is 1.60. The Morgan fingerprint density at radius 1 is 1.36 bits per heavy atom. The van der Waals surface area contributed by atoms with Crippen molar-refractivity contribution in [1.82, 2.24) is 4.98 Å². The number of aliphatic carboxylic acids is 1. The standard InChI is InChI=1S/C14H13NO5S2/c16-12(17)6-8-5-9(20-14(18)19-8)7-21-13-15-10-3-1-2-4-11(10)22-13/h1-4,8-9H,5-7H2,(H,16,17)/t8-,9+/m1/s1. The molecular formula is C14H13NO5S2.